The Labute approximate surface area is 111 Å². The normalized spacial score (nSPS) is 11.2. The Morgan fingerprint density at radius 3 is 2.68 bits per heavy atom. The summed E-state index contributed by atoms with van der Waals surface area (Å²) in [4.78, 5) is 25.1. The summed E-state index contributed by atoms with van der Waals surface area (Å²) in [5.41, 5.74) is 1.63. The molecule has 0 aliphatic rings. The third kappa shape index (κ3) is 2.43. The van der Waals surface area contributed by atoms with E-state index in [0.29, 0.717) is 23.4 Å². The fourth-order valence-electron chi connectivity index (χ4n) is 1.95. The molecule has 0 spiro atoms. The highest BCUT2D eigenvalue weighted by Gasteiger charge is 2.15. The molecule has 0 N–H and O–H groups in total. The number of nitrogens with zero attached hydrogens (tertiary/aromatic N) is 4. The van der Waals surface area contributed by atoms with E-state index in [4.69, 9.17) is 4.74 Å². The molecule has 0 aliphatic carbocycles. The summed E-state index contributed by atoms with van der Waals surface area (Å²) in [6.45, 7) is 6.54. The van der Waals surface area contributed by atoms with E-state index in [0.717, 1.165) is 6.42 Å². The van der Waals surface area contributed by atoms with Gasteiger partial charge in [-0.1, -0.05) is 20.8 Å². The van der Waals surface area contributed by atoms with Gasteiger partial charge in [0.2, 0.25) is 0 Å². The summed E-state index contributed by atoms with van der Waals surface area (Å²) in [5, 5.41) is 0. The smallest absolute Gasteiger partial charge is 0.318 e. The van der Waals surface area contributed by atoms with Gasteiger partial charge >= 0.3 is 6.01 Å². The van der Waals surface area contributed by atoms with E-state index in [9.17, 15) is 4.79 Å². The van der Waals surface area contributed by atoms with Gasteiger partial charge in [-0.2, -0.15) is 4.98 Å². The van der Waals surface area contributed by atoms with Gasteiger partial charge in [0.25, 0.3) is 5.56 Å². The van der Waals surface area contributed by atoms with Crippen LogP contribution in [-0.2, 0) is 6.54 Å². The lowest BCUT2D eigenvalue weighted by Gasteiger charge is -2.12. The molecule has 6 nitrogen and oxygen atoms in total. The summed E-state index contributed by atoms with van der Waals surface area (Å²) in [7, 11) is 1.50. The Morgan fingerprint density at radius 1 is 1.37 bits per heavy atom. The second kappa shape index (κ2) is 5.34. The molecule has 0 aromatic carbocycles. The van der Waals surface area contributed by atoms with Crippen LogP contribution in [0.1, 0.15) is 38.8 Å². The predicted octanol–water partition coefficient (Wildman–Crippen LogP) is 1.73. The molecule has 0 radical (unpaired) electrons. The number of methoxy groups -OCH3 is 1. The Kier molecular flexibility index (Phi) is 3.78. The minimum absolute atomic E-state index is 0.0714. The topological polar surface area (TPSA) is 69.9 Å². The molecule has 102 valence electrons. The number of fused-ring (bicyclic) bond motifs is 1. The lowest BCUT2D eigenvalue weighted by Crippen LogP contribution is -2.27. The highest BCUT2D eigenvalue weighted by Crippen LogP contribution is 2.14. The lowest BCUT2D eigenvalue weighted by molar-refractivity contribution is 0.380. The van der Waals surface area contributed by atoms with Crippen molar-refractivity contribution in [3.63, 3.8) is 0 Å². The molecule has 0 amide bonds. The average Bonchev–Trinajstić information content (AvgIpc) is 2.40. The number of ether oxygens (including phenoxy) is 1. The van der Waals surface area contributed by atoms with Gasteiger partial charge in [0, 0.05) is 12.5 Å². The Bertz CT molecular complexity index is 649. The number of aryl methyl sites for hydroxylation is 1. The van der Waals surface area contributed by atoms with E-state index in [2.05, 4.69) is 15.0 Å². The Balaban J connectivity index is 2.80. The molecule has 2 heterocycles. The first-order valence-electron chi connectivity index (χ1n) is 6.40. The maximum atomic E-state index is 12.4. The molecule has 0 saturated heterocycles. The molecule has 19 heavy (non-hydrogen) atoms. The van der Waals surface area contributed by atoms with E-state index in [1.165, 1.54) is 7.11 Å². The minimum atomic E-state index is -0.0786. The first-order chi connectivity index (χ1) is 9.08. The summed E-state index contributed by atoms with van der Waals surface area (Å²) in [5.74, 6) is 0.0714. The quantitative estimate of drug-likeness (QED) is 0.839. The van der Waals surface area contributed by atoms with Crippen molar-refractivity contribution >= 4 is 11.2 Å². The van der Waals surface area contributed by atoms with E-state index >= 15 is 0 Å². The van der Waals surface area contributed by atoms with Crippen LogP contribution in [0.2, 0.25) is 0 Å². The van der Waals surface area contributed by atoms with Gasteiger partial charge in [0.05, 0.1) is 13.3 Å². The Morgan fingerprint density at radius 2 is 2.11 bits per heavy atom. The first kappa shape index (κ1) is 13.5. The molecule has 2 aromatic heterocycles. The fraction of sp³-hybridized carbons (Fsp3) is 0.538. The zero-order valence-electron chi connectivity index (χ0n) is 11.7. The van der Waals surface area contributed by atoms with E-state index in [1.54, 1.807) is 10.8 Å². The van der Waals surface area contributed by atoms with Gasteiger partial charge in [0.1, 0.15) is 11.2 Å². The van der Waals surface area contributed by atoms with Gasteiger partial charge in [0.15, 0.2) is 5.65 Å². The summed E-state index contributed by atoms with van der Waals surface area (Å²) >= 11 is 0. The Hall–Kier alpha value is -1.98. The average molecular weight is 262 g/mol. The molecule has 2 aromatic rings. The SMILES string of the molecule is CCCn1c(=O)c(C(C)C)nc2cnc(OC)nc21. The second-order valence-corrected chi connectivity index (χ2v) is 4.67. The summed E-state index contributed by atoms with van der Waals surface area (Å²) in [6.07, 6.45) is 2.45. The molecule has 0 bridgehead atoms. The van der Waals surface area contributed by atoms with Gasteiger partial charge in [-0.3, -0.25) is 9.36 Å². The van der Waals surface area contributed by atoms with Crippen molar-refractivity contribution in [3.05, 3.63) is 22.2 Å². The predicted molar refractivity (Wildman–Crippen MR) is 72.5 cm³/mol. The molecule has 0 aliphatic heterocycles. The molecule has 0 unspecified atom stereocenters. The fourth-order valence-corrected chi connectivity index (χ4v) is 1.95. The summed E-state index contributed by atoms with van der Waals surface area (Å²) < 4.78 is 6.66. The van der Waals surface area contributed by atoms with Crippen LogP contribution in [0, 0.1) is 0 Å². The van der Waals surface area contributed by atoms with Gasteiger partial charge in [-0.15, -0.1) is 0 Å². The second-order valence-electron chi connectivity index (χ2n) is 4.67. The van der Waals surface area contributed by atoms with Crippen LogP contribution in [0.15, 0.2) is 11.0 Å². The summed E-state index contributed by atoms with van der Waals surface area (Å²) in [6, 6.07) is 0.246. The minimum Gasteiger partial charge on any atom is -0.467 e. The molecule has 0 atom stereocenters. The molecular formula is C13H18N4O2. The third-order valence-electron chi connectivity index (χ3n) is 2.87. The maximum Gasteiger partial charge on any atom is 0.318 e. The van der Waals surface area contributed by atoms with E-state index < -0.39 is 0 Å². The van der Waals surface area contributed by atoms with Gasteiger partial charge < -0.3 is 4.74 Å². The largest absolute Gasteiger partial charge is 0.467 e. The molecule has 0 saturated carbocycles. The lowest BCUT2D eigenvalue weighted by atomic mass is 10.1. The van der Waals surface area contributed by atoms with Crippen LogP contribution in [0.25, 0.3) is 11.2 Å². The van der Waals surface area contributed by atoms with Crippen LogP contribution in [0.4, 0.5) is 0 Å². The van der Waals surface area contributed by atoms with Gasteiger partial charge in [-0.05, 0) is 6.42 Å². The number of aromatic nitrogens is 4. The van der Waals surface area contributed by atoms with Crippen molar-refractivity contribution in [1.82, 2.24) is 19.5 Å². The van der Waals surface area contributed by atoms with Crippen LogP contribution < -0.4 is 10.3 Å². The zero-order chi connectivity index (χ0) is 14.0. The molecule has 2 rings (SSSR count). The highest BCUT2D eigenvalue weighted by atomic mass is 16.5. The van der Waals surface area contributed by atoms with E-state index in [1.807, 2.05) is 20.8 Å². The number of hydrogen-bond acceptors (Lipinski definition) is 5. The molecule has 6 heteroatoms. The highest BCUT2D eigenvalue weighted by molar-refractivity contribution is 5.69. The number of rotatable bonds is 4. The van der Waals surface area contributed by atoms with Crippen molar-refractivity contribution < 1.29 is 4.74 Å². The standard InChI is InChI=1S/C13H18N4O2/c1-5-6-17-11-9(7-14-13(16-11)19-4)15-10(8(2)3)12(17)18/h7-8H,5-6H2,1-4H3. The van der Waals surface area contributed by atoms with Crippen molar-refractivity contribution in [2.45, 2.75) is 39.7 Å². The van der Waals surface area contributed by atoms with Crippen LogP contribution in [-0.4, -0.2) is 26.6 Å². The van der Waals surface area contributed by atoms with Crippen molar-refractivity contribution in [2.75, 3.05) is 7.11 Å². The van der Waals surface area contributed by atoms with Crippen molar-refractivity contribution in [3.8, 4) is 6.01 Å². The maximum absolute atomic E-state index is 12.4. The number of hydrogen-bond donors (Lipinski definition) is 0. The third-order valence-corrected chi connectivity index (χ3v) is 2.87. The van der Waals surface area contributed by atoms with Gasteiger partial charge in [-0.25, -0.2) is 9.97 Å². The van der Waals surface area contributed by atoms with Crippen molar-refractivity contribution in [2.24, 2.45) is 0 Å². The van der Waals surface area contributed by atoms with Crippen LogP contribution in [0.3, 0.4) is 0 Å². The monoisotopic (exact) mass is 262 g/mol. The van der Waals surface area contributed by atoms with Crippen molar-refractivity contribution in [1.29, 1.82) is 0 Å². The zero-order valence-corrected chi connectivity index (χ0v) is 11.7. The van der Waals surface area contributed by atoms with Crippen LogP contribution >= 0.6 is 0 Å². The van der Waals surface area contributed by atoms with E-state index in [-0.39, 0.29) is 17.5 Å². The molecular weight excluding hydrogens is 244 g/mol. The van der Waals surface area contributed by atoms with Crippen LogP contribution in [0.5, 0.6) is 6.01 Å². The molecule has 0 fully saturated rings. The first-order valence-corrected chi connectivity index (χ1v) is 6.40.